The zero-order valence-electron chi connectivity index (χ0n) is 16.7. The number of carbonyl (C=O) groups is 4. The number of hydrogen-bond acceptors (Lipinski definition) is 6. The van der Waals surface area contributed by atoms with Gasteiger partial charge in [0, 0.05) is 25.2 Å². The van der Waals surface area contributed by atoms with Crippen LogP contribution >= 0.6 is 0 Å². The van der Waals surface area contributed by atoms with E-state index in [4.69, 9.17) is 9.47 Å². The molecule has 3 rings (SSSR count). The molecule has 1 fully saturated rings. The summed E-state index contributed by atoms with van der Waals surface area (Å²) in [5, 5.41) is 2.69. The van der Waals surface area contributed by atoms with E-state index < -0.39 is 17.9 Å². The van der Waals surface area contributed by atoms with Crippen LogP contribution in [0.1, 0.15) is 32.7 Å². The average molecular weight is 410 g/mol. The largest absolute Gasteiger partial charge is 0.465 e. The number of carbonyl (C=O) groups excluding carboxylic acids is 4. The molecule has 0 spiro atoms. The van der Waals surface area contributed by atoms with E-state index in [2.05, 4.69) is 5.32 Å². The highest BCUT2D eigenvalue weighted by Crippen LogP contribution is 2.23. The Kier molecular flexibility index (Phi) is 6.46. The van der Waals surface area contributed by atoms with Gasteiger partial charge in [-0.3, -0.25) is 9.59 Å². The van der Waals surface area contributed by atoms with Crippen LogP contribution < -0.4 is 5.32 Å². The number of hydrogen-bond donors (Lipinski definition) is 1. The Labute approximate surface area is 173 Å². The third-order valence-electron chi connectivity index (χ3n) is 4.84. The highest BCUT2D eigenvalue weighted by Gasteiger charge is 2.34. The first-order valence-corrected chi connectivity index (χ1v) is 9.35. The SMILES string of the molecule is COC(=O)c1cc(NC(=O)[C@H]2CC(=O)N(Cc3ccccc3)C2)cc(C(=O)OC)c1. The van der Waals surface area contributed by atoms with E-state index in [1.54, 1.807) is 4.90 Å². The summed E-state index contributed by atoms with van der Waals surface area (Å²) < 4.78 is 9.39. The van der Waals surface area contributed by atoms with E-state index in [1.165, 1.54) is 32.4 Å². The monoisotopic (exact) mass is 410 g/mol. The van der Waals surface area contributed by atoms with Crippen LogP contribution in [0.5, 0.6) is 0 Å². The fraction of sp³-hybridized carbons (Fsp3) is 0.273. The Bertz CT molecular complexity index is 939. The van der Waals surface area contributed by atoms with E-state index in [-0.39, 0.29) is 35.0 Å². The van der Waals surface area contributed by atoms with Crippen LogP contribution in [0.2, 0.25) is 0 Å². The van der Waals surface area contributed by atoms with Gasteiger partial charge < -0.3 is 19.7 Å². The van der Waals surface area contributed by atoms with E-state index in [9.17, 15) is 19.2 Å². The third-order valence-corrected chi connectivity index (χ3v) is 4.84. The molecule has 8 heteroatoms. The average Bonchev–Trinajstić information content (AvgIpc) is 3.13. The molecule has 156 valence electrons. The van der Waals surface area contributed by atoms with Crippen molar-refractivity contribution in [3.8, 4) is 0 Å². The second-order valence-corrected chi connectivity index (χ2v) is 6.93. The number of esters is 2. The zero-order valence-corrected chi connectivity index (χ0v) is 16.7. The first kappa shape index (κ1) is 21.0. The summed E-state index contributed by atoms with van der Waals surface area (Å²) in [4.78, 5) is 50.5. The first-order chi connectivity index (χ1) is 14.4. The van der Waals surface area contributed by atoms with Crippen molar-refractivity contribution < 1.29 is 28.7 Å². The molecule has 2 aromatic carbocycles. The fourth-order valence-electron chi connectivity index (χ4n) is 3.32. The molecule has 1 heterocycles. The van der Waals surface area contributed by atoms with Crippen LogP contribution in [0.3, 0.4) is 0 Å². The van der Waals surface area contributed by atoms with Crippen molar-refractivity contribution in [1.82, 2.24) is 4.90 Å². The molecule has 1 saturated heterocycles. The van der Waals surface area contributed by atoms with Gasteiger partial charge in [0.2, 0.25) is 11.8 Å². The number of nitrogens with zero attached hydrogens (tertiary/aromatic N) is 1. The lowest BCUT2D eigenvalue weighted by molar-refractivity contribution is -0.128. The van der Waals surface area contributed by atoms with Crippen molar-refractivity contribution in [3.63, 3.8) is 0 Å². The number of benzene rings is 2. The third kappa shape index (κ3) is 4.83. The van der Waals surface area contributed by atoms with Crippen LogP contribution in [0.15, 0.2) is 48.5 Å². The van der Waals surface area contributed by atoms with Gasteiger partial charge in [0.15, 0.2) is 0 Å². The van der Waals surface area contributed by atoms with E-state index in [0.29, 0.717) is 13.1 Å². The van der Waals surface area contributed by atoms with Crippen molar-refractivity contribution in [3.05, 3.63) is 65.2 Å². The molecule has 2 amide bonds. The summed E-state index contributed by atoms with van der Waals surface area (Å²) in [7, 11) is 2.44. The zero-order chi connectivity index (χ0) is 21.7. The molecule has 8 nitrogen and oxygen atoms in total. The number of anilines is 1. The number of likely N-dealkylation sites (tertiary alicyclic amines) is 1. The lowest BCUT2D eigenvalue weighted by Crippen LogP contribution is -2.28. The number of rotatable bonds is 6. The Balaban J connectivity index is 1.73. The minimum Gasteiger partial charge on any atom is -0.465 e. The number of methoxy groups -OCH3 is 2. The van der Waals surface area contributed by atoms with Gasteiger partial charge >= 0.3 is 11.9 Å². The number of amides is 2. The number of ether oxygens (including phenoxy) is 2. The molecular weight excluding hydrogens is 388 g/mol. The highest BCUT2D eigenvalue weighted by molar-refractivity contribution is 6.01. The molecule has 0 bridgehead atoms. The maximum atomic E-state index is 12.7. The Hall–Kier alpha value is -3.68. The van der Waals surface area contributed by atoms with Gasteiger partial charge in [0.1, 0.15) is 0 Å². The lowest BCUT2D eigenvalue weighted by atomic mass is 10.1. The summed E-state index contributed by atoms with van der Waals surface area (Å²) in [5.74, 6) is -2.30. The number of nitrogens with one attached hydrogen (secondary N) is 1. The maximum absolute atomic E-state index is 12.7. The summed E-state index contributed by atoms with van der Waals surface area (Å²) in [6.07, 6.45) is 0.0964. The summed E-state index contributed by atoms with van der Waals surface area (Å²) in [6, 6.07) is 13.7. The van der Waals surface area contributed by atoms with Gasteiger partial charge in [-0.1, -0.05) is 30.3 Å². The van der Waals surface area contributed by atoms with Crippen molar-refractivity contribution in [1.29, 1.82) is 0 Å². The van der Waals surface area contributed by atoms with Crippen LogP contribution in [0, 0.1) is 5.92 Å². The normalized spacial score (nSPS) is 15.6. The maximum Gasteiger partial charge on any atom is 0.337 e. The Morgan fingerprint density at radius 2 is 1.60 bits per heavy atom. The minimum absolute atomic E-state index is 0.0964. The van der Waals surface area contributed by atoms with Crippen molar-refractivity contribution in [2.45, 2.75) is 13.0 Å². The molecular formula is C22H22N2O6. The van der Waals surface area contributed by atoms with E-state index in [0.717, 1.165) is 5.56 Å². The van der Waals surface area contributed by atoms with Gasteiger partial charge in [-0.25, -0.2) is 9.59 Å². The summed E-state index contributed by atoms with van der Waals surface area (Å²) in [6.45, 7) is 0.730. The molecule has 0 aliphatic carbocycles. The molecule has 30 heavy (non-hydrogen) atoms. The standard InChI is InChI=1S/C22H22N2O6/c1-29-21(27)15-8-16(22(28)30-2)10-18(9-15)23-20(26)17-11-19(25)24(13-17)12-14-6-4-3-5-7-14/h3-10,17H,11-13H2,1-2H3,(H,23,26)/t17-/m0/s1. The van der Waals surface area contributed by atoms with Crippen LogP contribution in [-0.4, -0.2) is 49.4 Å². The smallest absolute Gasteiger partial charge is 0.337 e. The topological polar surface area (TPSA) is 102 Å². The Morgan fingerprint density at radius 3 is 2.17 bits per heavy atom. The van der Waals surface area contributed by atoms with Gasteiger partial charge in [0.05, 0.1) is 31.3 Å². The quantitative estimate of drug-likeness (QED) is 0.733. The second-order valence-electron chi connectivity index (χ2n) is 6.93. The first-order valence-electron chi connectivity index (χ1n) is 9.35. The molecule has 0 unspecified atom stereocenters. The van der Waals surface area contributed by atoms with Crippen LogP contribution in [0.4, 0.5) is 5.69 Å². The Morgan fingerprint density at radius 1 is 1.00 bits per heavy atom. The van der Waals surface area contributed by atoms with Crippen molar-refractivity contribution in [2.75, 3.05) is 26.1 Å². The molecule has 0 saturated carbocycles. The molecule has 1 N–H and O–H groups in total. The summed E-state index contributed by atoms with van der Waals surface area (Å²) in [5.41, 5.74) is 1.44. The van der Waals surface area contributed by atoms with E-state index >= 15 is 0 Å². The molecule has 1 aliphatic heterocycles. The summed E-state index contributed by atoms with van der Waals surface area (Å²) >= 11 is 0. The minimum atomic E-state index is -0.652. The van der Waals surface area contributed by atoms with Gasteiger partial charge in [-0.2, -0.15) is 0 Å². The molecule has 0 aromatic heterocycles. The second kappa shape index (κ2) is 9.21. The molecule has 1 atom stereocenters. The fourth-order valence-corrected chi connectivity index (χ4v) is 3.32. The van der Waals surface area contributed by atoms with Crippen LogP contribution in [0.25, 0.3) is 0 Å². The molecule has 0 radical (unpaired) electrons. The van der Waals surface area contributed by atoms with Crippen molar-refractivity contribution >= 4 is 29.4 Å². The predicted octanol–water partition coefficient (Wildman–Crippen LogP) is 2.25. The van der Waals surface area contributed by atoms with Crippen molar-refractivity contribution in [2.24, 2.45) is 5.92 Å². The lowest BCUT2D eigenvalue weighted by Gasteiger charge is -2.17. The predicted molar refractivity (Wildman–Crippen MR) is 108 cm³/mol. The highest BCUT2D eigenvalue weighted by atomic mass is 16.5. The van der Waals surface area contributed by atoms with E-state index in [1.807, 2.05) is 30.3 Å². The molecule has 2 aromatic rings. The molecule has 1 aliphatic rings. The van der Waals surface area contributed by atoms with Gasteiger partial charge in [-0.15, -0.1) is 0 Å². The van der Waals surface area contributed by atoms with Gasteiger partial charge in [0.25, 0.3) is 0 Å². The van der Waals surface area contributed by atoms with Crippen LogP contribution in [-0.2, 0) is 25.6 Å². The van der Waals surface area contributed by atoms with Gasteiger partial charge in [-0.05, 0) is 23.8 Å².